The molecule has 1 rings (SSSR count). The zero-order valence-corrected chi connectivity index (χ0v) is 17.5. The molecule has 1 heterocycles. The highest BCUT2D eigenvalue weighted by Crippen LogP contribution is 2.18. The second kappa shape index (κ2) is 15.6. The Labute approximate surface area is 165 Å². The topological polar surface area (TPSA) is 59.4 Å². The summed E-state index contributed by atoms with van der Waals surface area (Å²) >= 11 is 0. The first-order valence-corrected chi connectivity index (χ1v) is 10.9. The molecule has 0 amide bonds. The smallest absolute Gasteiger partial charge is 0.311 e. The molecule has 0 saturated carbocycles. The van der Waals surface area contributed by atoms with E-state index in [1.807, 2.05) is 0 Å². The maximum atomic E-state index is 12.0. The summed E-state index contributed by atoms with van der Waals surface area (Å²) in [5.41, 5.74) is 1.33. The van der Waals surface area contributed by atoms with Gasteiger partial charge in [0.15, 0.2) is 5.75 Å². The molecule has 0 radical (unpaired) electrons. The van der Waals surface area contributed by atoms with Crippen LogP contribution in [0.15, 0.2) is 12.3 Å². The molecule has 1 aromatic rings. The fraction of sp³-hybridized carbons (Fsp3) is 0.739. The fourth-order valence-electron chi connectivity index (χ4n) is 3.20. The van der Waals surface area contributed by atoms with Gasteiger partial charge in [-0.2, -0.15) is 0 Å². The van der Waals surface area contributed by atoms with Gasteiger partial charge in [-0.15, -0.1) is 0 Å². The number of ether oxygens (including phenoxy) is 1. The van der Waals surface area contributed by atoms with Crippen LogP contribution in [0.5, 0.6) is 5.75 Å². The monoisotopic (exact) mass is 377 g/mol. The minimum atomic E-state index is -0.210. The number of hydrogen-bond donors (Lipinski definition) is 1. The van der Waals surface area contributed by atoms with Gasteiger partial charge in [-0.1, -0.05) is 84.0 Å². The molecule has 0 atom stereocenters. The number of aliphatic hydroxyl groups is 1. The van der Waals surface area contributed by atoms with Crippen molar-refractivity contribution in [3.63, 3.8) is 0 Å². The zero-order chi connectivity index (χ0) is 19.7. The molecule has 0 aromatic carbocycles. The molecular formula is C23H39NO3. The summed E-state index contributed by atoms with van der Waals surface area (Å²) in [4.78, 5) is 16.1. The van der Waals surface area contributed by atoms with Crippen molar-refractivity contribution in [2.75, 3.05) is 0 Å². The Morgan fingerprint density at radius 3 is 1.96 bits per heavy atom. The lowest BCUT2D eigenvalue weighted by atomic mass is 10.0. The van der Waals surface area contributed by atoms with Crippen molar-refractivity contribution in [2.24, 2.45) is 0 Å². The molecule has 0 fully saturated rings. The molecule has 0 aliphatic carbocycles. The molecular weight excluding hydrogens is 338 g/mol. The molecule has 0 unspecified atom stereocenters. The van der Waals surface area contributed by atoms with Gasteiger partial charge in [0.1, 0.15) is 0 Å². The average molecular weight is 378 g/mol. The van der Waals surface area contributed by atoms with Crippen LogP contribution in [-0.4, -0.2) is 16.1 Å². The van der Waals surface area contributed by atoms with E-state index in [0.29, 0.717) is 23.4 Å². The molecule has 27 heavy (non-hydrogen) atoms. The Hall–Kier alpha value is -1.42. The van der Waals surface area contributed by atoms with E-state index < -0.39 is 0 Å². The van der Waals surface area contributed by atoms with E-state index >= 15 is 0 Å². The van der Waals surface area contributed by atoms with Gasteiger partial charge in [0.25, 0.3) is 0 Å². The highest BCUT2D eigenvalue weighted by molar-refractivity contribution is 5.72. The van der Waals surface area contributed by atoms with Crippen LogP contribution in [0.2, 0.25) is 0 Å². The van der Waals surface area contributed by atoms with E-state index in [-0.39, 0.29) is 12.6 Å². The number of carbonyl (C=O) groups is 1. The van der Waals surface area contributed by atoms with Gasteiger partial charge in [-0.05, 0) is 25.0 Å². The maximum Gasteiger partial charge on any atom is 0.311 e. The standard InChI is InChI=1S/C23H39NO3/c1-3-4-5-6-7-8-9-10-11-12-13-14-15-16-23(26)27-22-17-21(19-25)18-24-20(22)2/h17-18,25H,3-16,19H2,1-2H3. The third-order valence-corrected chi connectivity index (χ3v) is 4.99. The summed E-state index contributed by atoms with van der Waals surface area (Å²) in [7, 11) is 0. The number of carbonyl (C=O) groups excluding carboxylic acids is 1. The van der Waals surface area contributed by atoms with E-state index in [1.165, 1.54) is 70.6 Å². The summed E-state index contributed by atoms with van der Waals surface area (Å²) in [5.74, 6) is 0.249. The van der Waals surface area contributed by atoms with Crippen molar-refractivity contribution in [3.05, 3.63) is 23.5 Å². The molecule has 0 saturated heterocycles. The lowest BCUT2D eigenvalue weighted by molar-refractivity contribution is -0.134. The van der Waals surface area contributed by atoms with E-state index in [1.54, 1.807) is 19.2 Å². The first-order chi connectivity index (χ1) is 13.2. The predicted octanol–water partition coefficient (Wildman–Crippen LogP) is 6.27. The summed E-state index contributed by atoms with van der Waals surface area (Å²) in [6.45, 7) is 3.96. The number of rotatable bonds is 16. The van der Waals surface area contributed by atoms with Crippen LogP contribution in [-0.2, 0) is 11.4 Å². The van der Waals surface area contributed by atoms with Crippen LogP contribution in [0.4, 0.5) is 0 Å². The molecule has 0 bridgehead atoms. The lowest BCUT2D eigenvalue weighted by Crippen LogP contribution is -2.09. The maximum absolute atomic E-state index is 12.0. The van der Waals surface area contributed by atoms with Crippen molar-refractivity contribution < 1.29 is 14.6 Å². The molecule has 4 nitrogen and oxygen atoms in total. The summed E-state index contributed by atoms with van der Waals surface area (Å²) in [5, 5.41) is 9.14. The Bertz CT molecular complexity index is 516. The number of nitrogens with zero attached hydrogens (tertiary/aromatic N) is 1. The predicted molar refractivity (Wildman–Crippen MR) is 111 cm³/mol. The van der Waals surface area contributed by atoms with Crippen LogP contribution >= 0.6 is 0 Å². The van der Waals surface area contributed by atoms with Gasteiger partial charge in [0.2, 0.25) is 0 Å². The minimum absolute atomic E-state index is 0.101. The third-order valence-electron chi connectivity index (χ3n) is 4.99. The van der Waals surface area contributed by atoms with Gasteiger partial charge in [-0.25, -0.2) is 0 Å². The van der Waals surface area contributed by atoms with Crippen molar-refractivity contribution in [2.45, 2.75) is 110 Å². The van der Waals surface area contributed by atoms with Gasteiger partial charge < -0.3 is 9.84 Å². The summed E-state index contributed by atoms with van der Waals surface area (Å²) < 4.78 is 5.38. The number of unbranched alkanes of at least 4 members (excludes halogenated alkanes) is 12. The van der Waals surface area contributed by atoms with Crippen molar-refractivity contribution in [3.8, 4) is 5.75 Å². The van der Waals surface area contributed by atoms with Gasteiger partial charge in [-0.3, -0.25) is 9.78 Å². The van der Waals surface area contributed by atoms with E-state index in [0.717, 1.165) is 12.8 Å². The Balaban J connectivity index is 1.97. The van der Waals surface area contributed by atoms with Gasteiger partial charge in [0.05, 0.1) is 12.3 Å². The number of aromatic nitrogens is 1. The van der Waals surface area contributed by atoms with Crippen LogP contribution < -0.4 is 4.74 Å². The van der Waals surface area contributed by atoms with Crippen LogP contribution in [0.3, 0.4) is 0 Å². The second-order valence-electron chi connectivity index (χ2n) is 7.55. The quantitative estimate of drug-likeness (QED) is 0.272. The summed E-state index contributed by atoms with van der Waals surface area (Å²) in [6.07, 6.45) is 18.8. The number of aryl methyl sites for hydroxylation is 1. The first kappa shape index (κ1) is 23.6. The van der Waals surface area contributed by atoms with Crippen LogP contribution in [0.25, 0.3) is 0 Å². The fourth-order valence-corrected chi connectivity index (χ4v) is 3.20. The zero-order valence-electron chi connectivity index (χ0n) is 17.5. The van der Waals surface area contributed by atoms with E-state index in [4.69, 9.17) is 9.84 Å². The first-order valence-electron chi connectivity index (χ1n) is 10.9. The molecule has 1 aromatic heterocycles. The Morgan fingerprint density at radius 1 is 0.926 bits per heavy atom. The van der Waals surface area contributed by atoms with Crippen LogP contribution in [0, 0.1) is 6.92 Å². The second-order valence-corrected chi connectivity index (χ2v) is 7.55. The van der Waals surface area contributed by atoms with Crippen molar-refractivity contribution >= 4 is 5.97 Å². The van der Waals surface area contributed by atoms with Gasteiger partial charge >= 0.3 is 5.97 Å². The SMILES string of the molecule is CCCCCCCCCCCCCCCC(=O)Oc1cc(CO)cnc1C. The molecule has 4 heteroatoms. The molecule has 0 aliphatic rings. The number of aliphatic hydroxyl groups excluding tert-OH is 1. The normalized spacial score (nSPS) is 10.9. The Morgan fingerprint density at radius 2 is 1.44 bits per heavy atom. The lowest BCUT2D eigenvalue weighted by Gasteiger charge is -2.08. The molecule has 1 N–H and O–H groups in total. The van der Waals surface area contributed by atoms with Crippen LogP contribution in [0.1, 0.15) is 108 Å². The van der Waals surface area contributed by atoms with E-state index in [9.17, 15) is 4.79 Å². The summed E-state index contributed by atoms with van der Waals surface area (Å²) in [6, 6.07) is 1.68. The Kier molecular flexibility index (Phi) is 13.7. The average Bonchev–Trinajstić information content (AvgIpc) is 2.67. The highest BCUT2D eigenvalue weighted by Gasteiger charge is 2.09. The third kappa shape index (κ3) is 11.8. The van der Waals surface area contributed by atoms with Crippen molar-refractivity contribution in [1.29, 1.82) is 0 Å². The highest BCUT2D eigenvalue weighted by atomic mass is 16.5. The van der Waals surface area contributed by atoms with Crippen molar-refractivity contribution in [1.82, 2.24) is 4.98 Å². The number of pyridine rings is 1. The number of esters is 1. The molecule has 154 valence electrons. The number of hydrogen-bond acceptors (Lipinski definition) is 4. The largest absolute Gasteiger partial charge is 0.425 e. The van der Waals surface area contributed by atoms with Gasteiger partial charge in [0, 0.05) is 12.6 Å². The molecule has 0 spiro atoms. The minimum Gasteiger partial charge on any atom is -0.425 e. The molecule has 0 aliphatic heterocycles. The van der Waals surface area contributed by atoms with E-state index in [2.05, 4.69) is 11.9 Å².